The molecule has 0 aromatic carbocycles. The summed E-state index contributed by atoms with van der Waals surface area (Å²) in [5.41, 5.74) is 29.5. The lowest BCUT2D eigenvalue weighted by Gasteiger charge is -2.47. The van der Waals surface area contributed by atoms with Gasteiger partial charge in [0.2, 0.25) is 0 Å². The van der Waals surface area contributed by atoms with E-state index in [0.717, 1.165) is 0 Å². The lowest BCUT2D eigenvalue weighted by Crippen LogP contribution is -2.67. The fourth-order valence-corrected chi connectivity index (χ4v) is 4.38. The second-order valence-electron chi connectivity index (χ2n) is 8.74. The van der Waals surface area contributed by atoms with Gasteiger partial charge >= 0.3 is 0 Å². The Morgan fingerprint density at radius 3 is 1.94 bits per heavy atom. The number of hydrogen-bond acceptors (Lipinski definition) is 13. The summed E-state index contributed by atoms with van der Waals surface area (Å²) < 4.78 is 37.9. The van der Waals surface area contributed by atoms with Crippen molar-refractivity contribution in [2.45, 2.75) is 98.5 Å². The maximum Gasteiger partial charge on any atom is 0.186 e. The van der Waals surface area contributed by atoms with Crippen LogP contribution in [0.2, 0.25) is 0 Å². The lowest BCUT2D eigenvalue weighted by atomic mass is 9.85. The van der Waals surface area contributed by atoms with Crippen LogP contribution in [0.3, 0.4) is 0 Å². The van der Waals surface area contributed by atoms with Crippen molar-refractivity contribution in [1.82, 2.24) is 0 Å². The maximum atomic E-state index is 15.5. The molecule has 3 fully saturated rings. The molecule has 0 aromatic heterocycles. The highest BCUT2D eigenvalue weighted by atomic mass is 19.1. The third kappa shape index (κ3) is 5.22. The molecule has 2 aliphatic heterocycles. The van der Waals surface area contributed by atoms with Gasteiger partial charge < -0.3 is 68.0 Å². The van der Waals surface area contributed by atoms with Gasteiger partial charge in [-0.1, -0.05) is 0 Å². The predicted octanol–water partition coefficient (Wildman–Crippen LogP) is -5.32. The Morgan fingerprint density at radius 1 is 0.812 bits per heavy atom. The first-order chi connectivity index (χ1) is 15.1. The zero-order valence-corrected chi connectivity index (χ0v) is 17.6. The molecule has 2 saturated heterocycles. The van der Waals surface area contributed by atoms with Crippen LogP contribution in [0.5, 0.6) is 0 Å². The number of alkyl halides is 1. The number of aliphatic hydroxyl groups excluding tert-OH is 4. The Balaban J connectivity index is 1.70. The van der Waals surface area contributed by atoms with Crippen LogP contribution in [0.15, 0.2) is 0 Å². The Bertz CT molecular complexity index is 612. The highest BCUT2D eigenvalue weighted by Gasteiger charge is 2.50. The van der Waals surface area contributed by atoms with E-state index in [1.54, 1.807) is 0 Å². The molecule has 1 aliphatic carbocycles. The predicted molar refractivity (Wildman–Crippen MR) is 107 cm³/mol. The number of halogens is 1. The number of nitrogens with two attached hydrogens (primary N) is 5. The van der Waals surface area contributed by atoms with Crippen molar-refractivity contribution in [2.75, 3.05) is 13.2 Å². The summed E-state index contributed by atoms with van der Waals surface area (Å²) in [4.78, 5) is 0. The minimum atomic E-state index is -1.86. The van der Waals surface area contributed by atoms with E-state index in [2.05, 4.69) is 0 Å². The minimum absolute atomic E-state index is 0.0230. The summed E-state index contributed by atoms with van der Waals surface area (Å²) in [5, 5.41) is 39.6. The molecule has 0 radical (unpaired) electrons. The summed E-state index contributed by atoms with van der Waals surface area (Å²) >= 11 is 0. The number of ether oxygens (including phenoxy) is 4. The monoisotopic (exact) mass is 469 g/mol. The first-order valence-corrected chi connectivity index (χ1v) is 10.7. The van der Waals surface area contributed by atoms with E-state index in [-0.39, 0.29) is 19.4 Å². The van der Waals surface area contributed by atoms with Gasteiger partial charge in [0.15, 0.2) is 18.8 Å². The van der Waals surface area contributed by atoms with Crippen LogP contribution in [-0.4, -0.2) is 119 Å². The molecular weight excluding hydrogens is 433 g/mol. The molecule has 3 rings (SSSR count). The van der Waals surface area contributed by atoms with Gasteiger partial charge in [-0.2, -0.15) is 0 Å². The SMILES string of the molecule is NC[C@H]1O[C@H](O[C@H]2[C@H](F)[C@@H](O[C@H]3O[C@H](CO)[C@@H](O)[C@H](N)[C@H]3O)[C@H](N)C[C@@H]2N)[C@H](N)C[C@@H]1O. The zero-order chi connectivity index (χ0) is 23.7. The summed E-state index contributed by atoms with van der Waals surface area (Å²) in [6.45, 7) is -0.561. The molecule has 0 bridgehead atoms. The topological polar surface area (TPSA) is 248 Å². The van der Waals surface area contributed by atoms with Crippen LogP contribution in [-0.2, 0) is 18.9 Å². The molecule has 0 unspecified atom stereocenters. The van der Waals surface area contributed by atoms with E-state index in [1.165, 1.54) is 0 Å². The molecule has 188 valence electrons. The fraction of sp³-hybridized carbons (Fsp3) is 1.00. The van der Waals surface area contributed by atoms with Gasteiger partial charge in [0, 0.05) is 18.6 Å². The van der Waals surface area contributed by atoms with E-state index in [0.29, 0.717) is 0 Å². The average molecular weight is 470 g/mol. The summed E-state index contributed by atoms with van der Waals surface area (Å²) in [6, 6.07) is -3.61. The summed E-state index contributed by atoms with van der Waals surface area (Å²) in [5.74, 6) is 0. The standard InChI is InChI=1S/C18H36FN5O8/c19-11-15(31-17-7(23)2-8(26)9(3-20)29-17)5(21)1-6(22)16(11)32-18-14(28)12(24)13(27)10(4-25)30-18/h5-18,25-28H,1-4,20-24H2/t5-,6+,7+,8-,9+,10+,11-,12-,13+,14+,15+,16-,17+,18+/m0/s1. The van der Waals surface area contributed by atoms with Gasteiger partial charge in [-0.3, -0.25) is 0 Å². The fourth-order valence-electron chi connectivity index (χ4n) is 4.38. The van der Waals surface area contributed by atoms with Crippen LogP contribution >= 0.6 is 0 Å². The quantitative estimate of drug-likeness (QED) is 0.176. The molecule has 14 heteroatoms. The largest absolute Gasteiger partial charge is 0.394 e. The van der Waals surface area contributed by atoms with Crippen LogP contribution in [0.1, 0.15) is 12.8 Å². The molecular formula is C18H36FN5O8. The number of aliphatic hydroxyl groups is 4. The number of hydrogen-bond donors (Lipinski definition) is 9. The van der Waals surface area contributed by atoms with Crippen molar-refractivity contribution in [2.24, 2.45) is 28.7 Å². The van der Waals surface area contributed by atoms with E-state index in [9.17, 15) is 20.4 Å². The first-order valence-electron chi connectivity index (χ1n) is 10.7. The maximum absolute atomic E-state index is 15.5. The molecule has 32 heavy (non-hydrogen) atoms. The summed E-state index contributed by atoms with van der Waals surface area (Å²) in [6.07, 6.45) is -12.2. The zero-order valence-electron chi connectivity index (χ0n) is 17.6. The van der Waals surface area contributed by atoms with Crippen molar-refractivity contribution < 1.29 is 43.8 Å². The highest BCUT2D eigenvalue weighted by Crippen LogP contribution is 2.32. The van der Waals surface area contributed by atoms with Crippen molar-refractivity contribution >= 4 is 0 Å². The van der Waals surface area contributed by atoms with Crippen LogP contribution in [0, 0.1) is 0 Å². The van der Waals surface area contributed by atoms with Gasteiger partial charge in [-0.15, -0.1) is 0 Å². The molecule has 3 aliphatic rings. The molecule has 0 aromatic rings. The normalized spacial score (nSPS) is 52.7. The Kier molecular flexibility index (Phi) is 8.76. The van der Waals surface area contributed by atoms with Gasteiger partial charge in [0.05, 0.1) is 30.9 Å². The highest BCUT2D eigenvalue weighted by molar-refractivity contribution is 5.01. The van der Waals surface area contributed by atoms with Crippen molar-refractivity contribution in [3.05, 3.63) is 0 Å². The van der Waals surface area contributed by atoms with Crippen molar-refractivity contribution in [3.8, 4) is 0 Å². The van der Waals surface area contributed by atoms with E-state index in [4.69, 9.17) is 47.6 Å². The van der Waals surface area contributed by atoms with E-state index >= 15 is 4.39 Å². The number of rotatable bonds is 6. The van der Waals surface area contributed by atoms with Crippen molar-refractivity contribution in [1.29, 1.82) is 0 Å². The van der Waals surface area contributed by atoms with Gasteiger partial charge in [-0.05, 0) is 12.8 Å². The molecule has 13 nitrogen and oxygen atoms in total. The lowest BCUT2D eigenvalue weighted by molar-refractivity contribution is -0.309. The third-order valence-corrected chi connectivity index (χ3v) is 6.37. The Morgan fingerprint density at radius 2 is 1.38 bits per heavy atom. The molecule has 0 amide bonds. The smallest absolute Gasteiger partial charge is 0.186 e. The molecule has 14 N–H and O–H groups in total. The molecule has 0 spiro atoms. The van der Waals surface area contributed by atoms with E-state index in [1.807, 2.05) is 0 Å². The molecule has 1 saturated carbocycles. The van der Waals surface area contributed by atoms with Gasteiger partial charge in [0.1, 0.15) is 30.5 Å². The van der Waals surface area contributed by atoms with Gasteiger partial charge in [-0.25, -0.2) is 4.39 Å². The van der Waals surface area contributed by atoms with Crippen molar-refractivity contribution in [3.63, 3.8) is 0 Å². The Labute approximate surface area is 184 Å². The van der Waals surface area contributed by atoms with Crippen LogP contribution < -0.4 is 28.7 Å². The average Bonchev–Trinajstić information content (AvgIpc) is 2.75. The first kappa shape index (κ1) is 26.0. The molecule has 14 atom stereocenters. The van der Waals surface area contributed by atoms with Crippen LogP contribution in [0.25, 0.3) is 0 Å². The van der Waals surface area contributed by atoms with E-state index < -0.39 is 92.3 Å². The third-order valence-electron chi connectivity index (χ3n) is 6.37. The van der Waals surface area contributed by atoms with Gasteiger partial charge in [0.25, 0.3) is 0 Å². The minimum Gasteiger partial charge on any atom is -0.394 e. The second-order valence-corrected chi connectivity index (χ2v) is 8.74. The summed E-state index contributed by atoms with van der Waals surface area (Å²) in [7, 11) is 0. The molecule has 2 heterocycles. The Hall–Kier alpha value is -0.590. The second kappa shape index (κ2) is 10.8. The van der Waals surface area contributed by atoms with Crippen LogP contribution in [0.4, 0.5) is 4.39 Å².